The van der Waals surface area contributed by atoms with Crippen LogP contribution in [0.5, 0.6) is 11.5 Å². The number of rotatable bonds is 2. The minimum atomic E-state index is -4.87. The van der Waals surface area contributed by atoms with Crippen LogP contribution in [0.1, 0.15) is 42.2 Å². The van der Waals surface area contributed by atoms with Crippen LogP contribution in [0.2, 0.25) is 0 Å². The number of hydrogen-bond acceptors (Lipinski definition) is 7. The maximum Gasteiger partial charge on any atom is 0.335 e. The average molecular weight is 387 g/mol. The van der Waals surface area contributed by atoms with Crippen LogP contribution >= 0.6 is 0 Å². The van der Waals surface area contributed by atoms with Gasteiger partial charge in [0.15, 0.2) is 5.78 Å². The number of aromatic carboxylic acids is 1. The van der Waals surface area contributed by atoms with Crippen LogP contribution in [-0.4, -0.2) is 75.4 Å². The molecule has 2 aromatic carbocycles. The summed E-state index contributed by atoms with van der Waals surface area (Å²) in [6, 6.07) is 3.29. The number of carbonyl (C=O) groups excluding carboxylic acids is 2. The predicted molar refractivity (Wildman–Crippen MR) is 85.6 cm³/mol. The summed E-state index contributed by atoms with van der Waals surface area (Å²) in [5.41, 5.74) is -2.48. The van der Waals surface area contributed by atoms with Crippen molar-refractivity contribution < 1.29 is 42.7 Å². The summed E-state index contributed by atoms with van der Waals surface area (Å²) in [5.74, 6) is -5.35. The summed E-state index contributed by atoms with van der Waals surface area (Å²) >= 11 is 0. The molecule has 0 heterocycles. The molecule has 0 amide bonds. The Morgan fingerprint density at radius 3 is 2.08 bits per heavy atom. The van der Waals surface area contributed by atoms with Crippen LogP contribution < -0.4 is 0 Å². The van der Waals surface area contributed by atoms with Crippen LogP contribution in [0.4, 0.5) is 0 Å². The van der Waals surface area contributed by atoms with E-state index in [-0.39, 0.29) is 35.1 Å². The van der Waals surface area contributed by atoms with E-state index in [2.05, 4.69) is 0 Å². The van der Waals surface area contributed by atoms with Gasteiger partial charge < -0.3 is 15.3 Å². The number of phenolic OH excluding ortho intramolecular Hbond substituents is 2. The molecule has 3 rings (SSSR count). The quantitative estimate of drug-likeness (QED) is 0.360. The first-order valence-corrected chi connectivity index (χ1v) is 8.01. The van der Waals surface area contributed by atoms with Gasteiger partial charge in [0.2, 0.25) is 5.78 Å². The molecule has 26 heavy (non-hydrogen) atoms. The van der Waals surface area contributed by atoms with Gasteiger partial charge in [0.25, 0.3) is 10.1 Å². The van der Waals surface area contributed by atoms with Crippen molar-refractivity contribution in [3.63, 3.8) is 0 Å². The molecule has 0 saturated carbocycles. The fraction of sp³-hybridized carbons (Fsp3) is 0. The summed E-state index contributed by atoms with van der Waals surface area (Å²) < 4.78 is 31.6. The Morgan fingerprint density at radius 1 is 0.923 bits per heavy atom. The van der Waals surface area contributed by atoms with E-state index in [4.69, 9.17) is 9.66 Å². The van der Waals surface area contributed by atoms with E-state index < -0.39 is 66.3 Å². The number of carboxylic acid groups (broad SMARTS) is 1. The summed E-state index contributed by atoms with van der Waals surface area (Å²) in [6.07, 6.45) is 0. The Kier molecular flexibility index (Phi) is 5.01. The molecule has 0 aliphatic heterocycles. The molecule has 0 saturated heterocycles. The molecule has 0 aromatic heterocycles. The third kappa shape index (κ3) is 2.91. The molecule has 1 aliphatic carbocycles. The zero-order chi connectivity index (χ0) is 18.7. The summed E-state index contributed by atoms with van der Waals surface area (Å²) in [5, 5.41) is 29.0. The number of carbonyl (C=O) groups is 3. The molecule has 0 atom stereocenters. The first-order valence-electron chi connectivity index (χ1n) is 6.57. The summed E-state index contributed by atoms with van der Waals surface area (Å²) in [6.45, 7) is 0. The molecular weight excluding hydrogens is 379 g/mol. The number of ketones is 2. The molecule has 0 fully saturated rings. The number of carboxylic acids is 1. The molecule has 11 heteroatoms. The zero-order valence-corrected chi connectivity index (χ0v) is 15.9. The molecule has 4 N–H and O–H groups in total. The van der Waals surface area contributed by atoms with Crippen molar-refractivity contribution in [1.29, 1.82) is 0 Å². The second kappa shape index (κ2) is 6.49. The average Bonchev–Trinajstić information content (AvgIpc) is 2.50. The van der Waals surface area contributed by atoms with Gasteiger partial charge in [-0.1, -0.05) is 0 Å². The first-order chi connectivity index (χ1) is 11.5. The monoisotopic (exact) mass is 387 g/mol. The van der Waals surface area contributed by atoms with E-state index in [1.54, 1.807) is 0 Å². The second-order valence-electron chi connectivity index (χ2n) is 5.19. The number of hydrogen-bond donors (Lipinski definition) is 4. The molecule has 0 unspecified atom stereocenters. The summed E-state index contributed by atoms with van der Waals surface area (Å²) in [4.78, 5) is 35.1. The first kappa shape index (κ1) is 20.1. The Labute approximate surface area is 167 Å². The van der Waals surface area contributed by atoms with E-state index in [1.807, 2.05) is 0 Å². The van der Waals surface area contributed by atoms with E-state index in [0.29, 0.717) is 0 Å². The molecule has 9 nitrogen and oxygen atoms in total. The standard InChI is InChI=1S/C15H8O9S.Na/c16-8-4-5(15(20)21)3-7-10(8)14(19)11-6(12(7)17)1-2-9(13(11)18)25(22,23)24;/h1-4,16,18H,(H,20,21)(H,22,23,24);. The minimum absolute atomic E-state index is 0. The van der Waals surface area contributed by atoms with Gasteiger partial charge in [-0.05, 0) is 24.3 Å². The normalized spacial score (nSPS) is 12.8. The Morgan fingerprint density at radius 2 is 1.54 bits per heavy atom. The number of phenols is 2. The molecule has 129 valence electrons. The van der Waals surface area contributed by atoms with Crippen LogP contribution in [0.3, 0.4) is 0 Å². The fourth-order valence-corrected chi connectivity index (χ4v) is 3.22. The van der Waals surface area contributed by atoms with Gasteiger partial charge in [0.05, 0.1) is 16.7 Å². The van der Waals surface area contributed by atoms with Crippen molar-refractivity contribution >= 4 is 57.2 Å². The van der Waals surface area contributed by atoms with E-state index in [9.17, 15) is 33.0 Å². The SMILES string of the molecule is O=C(O)c1cc(O)c2c(c1)C(=O)c1ccc(S(=O)(=O)O)c(O)c1C2=O.[Na]. The van der Waals surface area contributed by atoms with Crippen molar-refractivity contribution in [3.05, 3.63) is 52.1 Å². The Hall–Kier alpha value is -2.24. The third-order valence-electron chi connectivity index (χ3n) is 3.73. The second-order valence-corrected chi connectivity index (χ2v) is 6.58. The van der Waals surface area contributed by atoms with E-state index in [1.165, 1.54) is 0 Å². The summed E-state index contributed by atoms with van der Waals surface area (Å²) in [7, 11) is -4.87. The van der Waals surface area contributed by atoms with Crippen LogP contribution in [-0.2, 0) is 10.1 Å². The fourth-order valence-electron chi connectivity index (χ4n) is 2.64. The van der Waals surface area contributed by atoms with Gasteiger partial charge in [0, 0.05) is 40.7 Å². The van der Waals surface area contributed by atoms with Crippen LogP contribution in [0.15, 0.2) is 29.2 Å². The Bertz CT molecular complexity index is 1100. The van der Waals surface area contributed by atoms with Crippen LogP contribution in [0.25, 0.3) is 0 Å². The topological polar surface area (TPSA) is 166 Å². The van der Waals surface area contributed by atoms with Gasteiger partial charge in [0.1, 0.15) is 16.4 Å². The molecule has 0 bridgehead atoms. The molecule has 1 radical (unpaired) electrons. The van der Waals surface area contributed by atoms with Crippen molar-refractivity contribution in [2.24, 2.45) is 0 Å². The van der Waals surface area contributed by atoms with Crippen molar-refractivity contribution in [1.82, 2.24) is 0 Å². The predicted octanol–water partition coefficient (Wildman–Crippen LogP) is 0.437. The minimum Gasteiger partial charge on any atom is -0.507 e. The smallest absolute Gasteiger partial charge is 0.335 e. The number of benzene rings is 2. The van der Waals surface area contributed by atoms with Crippen molar-refractivity contribution in [2.75, 3.05) is 0 Å². The van der Waals surface area contributed by atoms with Crippen molar-refractivity contribution in [3.8, 4) is 11.5 Å². The van der Waals surface area contributed by atoms with Gasteiger partial charge >= 0.3 is 5.97 Å². The van der Waals surface area contributed by atoms with Gasteiger partial charge in [-0.2, -0.15) is 8.42 Å². The molecule has 0 spiro atoms. The van der Waals surface area contributed by atoms with Crippen LogP contribution in [0, 0.1) is 0 Å². The van der Waals surface area contributed by atoms with Gasteiger partial charge in [-0.3, -0.25) is 14.1 Å². The van der Waals surface area contributed by atoms with Gasteiger partial charge in [-0.15, -0.1) is 0 Å². The number of fused-ring (bicyclic) bond motifs is 2. The van der Waals surface area contributed by atoms with E-state index in [0.717, 1.165) is 24.3 Å². The molecular formula is C15H8NaO9S. The van der Waals surface area contributed by atoms with Gasteiger partial charge in [-0.25, -0.2) is 4.79 Å². The maximum absolute atomic E-state index is 12.6. The molecule has 1 aliphatic rings. The largest absolute Gasteiger partial charge is 0.507 e. The maximum atomic E-state index is 12.6. The third-order valence-corrected chi connectivity index (χ3v) is 4.61. The molecule has 2 aromatic rings. The zero-order valence-electron chi connectivity index (χ0n) is 13.0. The Balaban J connectivity index is 0.00000243. The number of aromatic hydroxyl groups is 2. The van der Waals surface area contributed by atoms with E-state index >= 15 is 0 Å². The van der Waals surface area contributed by atoms with Crippen molar-refractivity contribution in [2.45, 2.75) is 4.90 Å².